The number of methoxy groups -OCH3 is 1. The largest absolute Gasteiger partial charge is 0.384 e. The van der Waals surface area contributed by atoms with Gasteiger partial charge in [-0.1, -0.05) is 24.3 Å². The highest BCUT2D eigenvalue weighted by molar-refractivity contribution is 5.20. The molecule has 68 valence electrons. The molecule has 0 atom stereocenters. The van der Waals surface area contributed by atoms with Crippen molar-refractivity contribution >= 4 is 0 Å². The predicted octanol–water partition coefficient (Wildman–Crippen LogP) is 3.01. The summed E-state index contributed by atoms with van der Waals surface area (Å²) in [6, 6.07) is 0. The number of ether oxygens (including phenoxy) is 1. The molecular weight excluding hydrogens is 155 g/mol. The van der Waals surface area contributed by atoms with E-state index >= 15 is 0 Å². The molecule has 0 aliphatic rings. The van der Waals surface area contributed by atoms with E-state index in [0.717, 1.165) is 0 Å². The lowest BCUT2D eigenvalue weighted by atomic mass is 10.2. The van der Waals surface area contributed by atoms with E-state index < -0.39 is 0 Å². The second-order valence-corrected chi connectivity index (χ2v) is 2.31. The molecule has 0 aliphatic carbocycles. The number of rotatable bonds is 5. The Bertz CT molecular complexity index is 180. The smallest absolute Gasteiger partial charge is 0.0899 e. The normalized spacial score (nSPS) is 13.4. The molecule has 0 unspecified atom stereocenters. The third-order valence-corrected chi connectivity index (χ3v) is 1.35. The van der Waals surface area contributed by atoms with Crippen LogP contribution < -0.4 is 0 Å². The van der Waals surface area contributed by atoms with Gasteiger partial charge in [0.15, 0.2) is 0 Å². The maximum absolute atomic E-state index is 12.1. The average Bonchev–Trinajstić information content (AvgIpc) is 2.11. The molecule has 2 heteroatoms. The van der Waals surface area contributed by atoms with Crippen LogP contribution >= 0.6 is 0 Å². The van der Waals surface area contributed by atoms with Crippen LogP contribution in [0.1, 0.15) is 13.3 Å². The van der Waals surface area contributed by atoms with Gasteiger partial charge in [-0.3, -0.25) is 0 Å². The van der Waals surface area contributed by atoms with Gasteiger partial charge in [-0.05, 0) is 18.9 Å². The molecule has 0 fully saturated rings. The first-order chi connectivity index (χ1) is 5.85. The van der Waals surface area contributed by atoms with Crippen molar-refractivity contribution in [1.29, 1.82) is 0 Å². The van der Waals surface area contributed by atoms with E-state index in [9.17, 15) is 4.39 Å². The second-order valence-electron chi connectivity index (χ2n) is 2.31. The monoisotopic (exact) mass is 170 g/mol. The zero-order valence-corrected chi connectivity index (χ0v) is 7.59. The number of hydrogen-bond donors (Lipinski definition) is 0. The Kier molecular flexibility index (Phi) is 7.60. The van der Waals surface area contributed by atoms with Crippen LogP contribution in [0.15, 0.2) is 36.2 Å². The van der Waals surface area contributed by atoms with E-state index in [-0.39, 0.29) is 0 Å². The Morgan fingerprint density at radius 3 is 2.67 bits per heavy atom. The Morgan fingerprint density at radius 2 is 2.17 bits per heavy atom. The number of allylic oxidation sites excluding steroid dienone is 4. The summed E-state index contributed by atoms with van der Waals surface area (Å²) < 4.78 is 16.9. The molecule has 0 radical (unpaired) electrons. The van der Waals surface area contributed by atoms with Crippen LogP contribution in [-0.4, -0.2) is 13.7 Å². The van der Waals surface area contributed by atoms with E-state index in [1.807, 2.05) is 19.1 Å². The summed E-state index contributed by atoms with van der Waals surface area (Å²) in [6.45, 7) is 2.47. The van der Waals surface area contributed by atoms with Gasteiger partial charge in [0.25, 0.3) is 0 Å². The minimum Gasteiger partial charge on any atom is -0.384 e. The highest BCUT2D eigenvalue weighted by Crippen LogP contribution is 2.03. The molecule has 0 bridgehead atoms. The van der Waals surface area contributed by atoms with Crippen LogP contribution in [0, 0.1) is 0 Å². The molecule has 0 aromatic rings. The third kappa shape index (κ3) is 5.86. The fraction of sp³-hybridized carbons (Fsp3) is 0.400. The van der Waals surface area contributed by atoms with Crippen molar-refractivity contribution in [3.63, 3.8) is 0 Å². The molecule has 0 amide bonds. The Balaban J connectivity index is 3.84. The Hall–Kier alpha value is -0.890. The van der Waals surface area contributed by atoms with Crippen molar-refractivity contribution in [3.8, 4) is 0 Å². The molecule has 1 nitrogen and oxygen atoms in total. The van der Waals surface area contributed by atoms with Crippen molar-refractivity contribution in [1.82, 2.24) is 0 Å². The quantitative estimate of drug-likeness (QED) is 0.576. The minimum atomic E-state index is 0.552. The lowest BCUT2D eigenvalue weighted by Crippen LogP contribution is -1.89. The van der Waals surface area contributed by atoms with Gasteiger partial charge < -0.3 is 4.74 Å². The highest BCUT2D eigenvalue weighted by Gasteiger charge is 1.90. The standard InChI is InChI=1S/C10H15FO/c1-3-4-5-6-10(9-11)7-8-12-2/h3-6,9H,7-8H2,1-2H3/b4-3-,6-5-,10-9-. The van der Waals surface area contributed by atoms with Gasteiger partial charge in [-0.15, -0.1) is 0 Å². The van der Waals surface area contributed by atoms with Crippen LogP contribution in [0.5, 0.6) is 0 Å². The first-order valence-corrected chi connectivity index (χ1v) is 3.92. The van der Waals surface area contributed by atoms with Crippen molar-refractivity contribution in [2.24, 2.45) is 0 Å². The van der Waals surface area contributed by atoms with E-state index in [2.05, 4.69) is 0 Å². The van der Waals surface area contributed by atoms with E-state index in [1.54, 1.807) is 19.3 Å². The van der Waals surface area contributed by atoms with Crippen molar-refractivity contribution < 1.29 is 9.13 Å². The molecule has 0 saturated carbocycles. The van der Waals surface area contributed by atoms with Crippen molar-refractivity contribution in [2.45, 2.75) is 13.3 Å². The fourth-order valence-electron chi connectivity index (χ4n) is 0.684. The molecule has 0 heterocycles. The summed E-state index contributed by atoms with van der Waals surface area (Å²) in [5.74, 6) is 0. The van der Waals surface area contributed by atoms with Crippen LogP contribution in [0.25, 0.3) is 0 Å². The molecule has 0 aromatic carbocycles. The summed E-state index contributed by atoms with van der Waals surface area (Å²) in [5, 5.41) is 0. The molecule has 12 heavy (non-hydrogen) atoms. The van der Waals surface area contributed by atoms with Gasteiger partial charge in [0, 0.05) is 7.11 Å². The second kappa shape index (κ2) is 8.21. The Labute approximate surface area is 73.2 Å². The lowest BCUT2D eigenvalue weighted by Gasteiger charge is -1.97. The molecular formula is C10H15FO. The van der Waals surface area contributed by atoms with Crippen LogP contribution in [0.4, 0.5) is 4.39 Å². The van der Waals surface area contributed by atoms with E-state index in [4.69, 9.17) is 4.74 Å². The van der Waals surface area contributed by atoms with E-state index in [1.165, 1.54) is 0 Å². The highest BCUT2D eigenvalue weighted by atomic mass is 19.1. The summed E-state index contributed by atoms with van der Waals surface area (Å²) in [5.41, 5.74) is 0.648. The number of hydrogen-bond acceptors (Lipinski definition) is 1. The molecule has 0 aliphatic heterocycles. The summed E-state index contributed by atoms with van der Waals surface area (Å²) >= 11 is 0. The Morgan fingerprint density at radius 1 is 1.42 bits per heavy atom. The topological polar surface area (TPSA) is 9.23 Å². The first-order valence-electron chi connectivity index (χ1n) is 3.92. The summed E-state index contributed by atoms with van der Waals surface area (Å²) in [7, 11) is 1.60. The van der Waals surface area contributed by atoms with Crippen molar-refractivity contribution in [2.75, 3.05) is 13.7 Å². The van der Waals surface area contributed by atoms with Gasteiger partial charge in [0.05, 0.1) is 12.9 Å². The fourth-order valence-corrected chi connectivity index (χ4v) is 0.684. The molecule has 0 rings (SSSR count). The zero-order chi connectivity index (χ0) is 9.23. The van der Waals surface area contributed by atoms with Gasteiger partial charge >= 0.3 is 0 Å². The zero-order valence-electron chi connectivity index (χ0n) is 7.59. The maximum Gasteiger partial charge on any atom is 0.0899 e. The first kappa shape index (κ1) is 11.1. The van der Waals surface area contributed by atoms with Gasteiger partial charge in [-0.25, -0.2) is 4.39 Å². The molecule has 0 saturated heterocycles. The minimum absolute atomic E-state index is 0.552. The maximum atomic E-state index is 12.1. The van der Waals surface area contributed by atoms with Crippen LogP contribution in [-0.2, 0) is 4.74 Å². The predicted molar refractivity (Wildman–Crippen MR) is 49.6 cm³/mol. The number of halogens is 1. The van der Waals surface area contributed by atoms with E-state index in [0.29, 0.717) is 24.9 Å². The van der Waals surface area contributed by atoms with Gasteiger partial charge in [0.2, 0.25) is 0 Å². The van der Waals surface area contributed by atoms with Crippen LogP contribution in [0.3, 0.4) is 0 Å². The molecule has 0 N–H and O–H groups in total. The molecule has 0 aromatic heterocycles. The van der Waals surface area contributed by atoms with Gasteiger partial charge in [-0.2, -0.15) is 0 Å². The SMILES string of the molecule is C\C=C/C=C\C(=C\F)CCOC. The van der Waals surface area contributed by atoms with Crippen LogP contribution in [0.2, 0.25) is 0 Å². The summed E-state index contributed by atoms with van der Waals surface area (Å²) in [6.07, 6.45) is 8.51. The van der Waals surface area contributed by atoms with Gasteiger partial charge in [0.1, 0.15) is 0 Å². The average molecular weight is 170 g/mol. The van der Waals surface area contributed by atoms with Crippen molar-refractivity contribution in [3.05, 3.63) is 36.2 Å². The third-order valence-electron chi connectivity index (χ3n) is 1.35. The summed E-state index contributed by atoms with van der Waals surface area (Å²) in [4.78, 5) is 0. The lowest BCUT2D eigenvalue weighted by molar-refractivity contribution is 0.202. The molecule has 0 spiro atoms.